The first kappa shape index (κ1) is 16.4. The van der Waals surface area contributed by atoms with Gasteiger partial charge in [-0.3, -0.25) is 4.79 Å². The summed E-state index contributed by atoms with van der Waals surface area (Å²) in [5.74, 6) is 0.861. The van der Waals surface area contributed by atoms with Crippen LogP contribution in [0.2, 0.25) is 0 Å². The molecule has 1 aromatic heterocycles. The van der Waals surface area contributed by atoms with Gasteiger partial charge in [-0.25, -0.2) is 0 Å². The van der Waals surface area contributed by atoms with Crippen molar-refractivity contribution in [3.63, 3.8) is 0 Å². The normalized spacial score (nSPS) is 11.8. The van der Waals surface area contributed by atoms with Crippen LogP contribution in [0.1, 0.15) is 22.2 Å². The third kappa shape index (κ3) is 3.80. The van der Waals surface area contributed by atoms with Crippen LogP contribution in [0.25, 0.3) is 0 Å². The number of hydrogen-bond donors (Lipinski definition) is 2. The first-order valence-electron chi connectivity index (χ1n) is 6.48. The van der Waals surface area contributed by atoms with E-state index < -0.39 is 12.0 Å². The fourth-order valence-electron chi connectivity index (χ4n) is 1.89. The minimum absolute atomic E-state index is 0.0482. The SMILES string of the molecule is COc1ccc(C(O)CNC(=O)c2ccc(Br)o2)cc1OC. The summed E-state index contributed by atoms with van der Waals surface area (Å²) < 4.78 is 15.9. The number of halogens is 1. The molecular weight excluding hydrogens is 354 g/mol. The molecule has 2 N–H and O–H groups in total. The van der Waals surface area contributed by atoms with E-state index in [1.807, 2.05) is 0 Å². The number of carbonyl (C=O) groups excluding carboxylic acids is 1. The molecule has 0 aliphatic rings. The zero-order chi connectivity index (χ0) is 16.1. The van der Waals surface area contributed by atoms with Gasteiger partial charge in [0, 0.05) is 6.54 Å². The minimum atomic E-state index is -0.873. The van der Waals surface area contributed by atoms with Crippen LogP contribution in [0, 0.1) is 0 Å². The Labute approximate surface area is 136 Å². The monoisotopic (exact) mass is 369 g/mol. The lowest BCUT2D eigenvalue weighted by molar-refractivity contribution is 0.0887. The van der Waals surface area contributed by atoms with Gasteiger partial charge in [0.2, 0.25) is 0 Å². The van der Waals surface area contributed by atoms with Crippen LogP contribution in [0.4, 0.5) is 0 Å². The van der Waals surface area contributed by atoms with E-state index >= 15 is 0 Å². The second-order valence-electron chi connectivity index (χ2n) is 4.44. The van der Waals surface area contributed by atoms with Gasteiger partial charge in [0.05, 0.1) is 20.3 Å². The van der Waals surface area contributed by atoms with Crippen molar-refractivity contribution in [2.75, 3.05) is 20.8 Å². The van der Waals surface area contributed by atoms with Crippen molar-refractivity contribution in [1.29, 1.82) is 0 Å². The molecule has 1 aromatic carbocycles. The smallest absolute Gasteiger partial charge is 0.287 e. The van der Waals surface area contributed by atoms with Crippen LogP contribution >= 0.6 is 15.9 Å². The van der Waals surface area contributed by atoms with Crippen molar-refractivity contribution < 1.29 is 23.8 Å². The van der Waals surface area contributed by atoms with E-state index in [1.165, 1.54) is 14.2 Å². The van der Waals surface area contributed by atoms with Gasteiger partial charge in [-0.2, -0.15) is 0 Å². The molecule has 2 rings (SSSR count). The molecule has 22 heavy (non-hydrogen) atoms. The Morgan fingerprint density at radius 1 is 1.27 bits per heavy atom. The Morgan fingerprint density at radius 2 is 2.00 bits per heavy atom. The molecule has 6 nitrogen and oxygen atoms in total. The number of aliphatic hydroxyl groups is 1. The van der Waals surface area contributed by atoms with Crippen LogP contribution in [-0.2, 0) is 0 Å². The van der Waals surface area contributed by atoms with Crippen LogP contribution < -0.4 is 14.8 Å². The molecule has 118 valence electrons. The molecule has 1 unspecified atom stereocenters. The highest BCUT2D eigenvalue weighted by Crippen LogP contribution is 2.29. The van der Waals surface area contributed by atoms with Crippen molar-refractivity contribution in [2.24, 2.45) is 0 Å². The summed E-state index contributed by atoms with van der Waals surface area (Å²) in [6.07, 6.45) is -0.873. The van der Waals surface area contributed by atoms with Gasteiger partial charge in [-0.1, -0.05) is 6.07 Å². The fourth-order valence-corrected chi connectivity index (χ4v) is 2.20. The van der Waals surface area contributed by atoms with Crippen LogP contribution in [0.15, 0.2) is 39.4 Å². The van der Waals surface area contributed by atoms with Crippen molar-refractivity contribution in [2.45, 2.75) is 6.10 Å². The molecule has 1 amide bonds. The Balaban J connectivity index is 2.00. The third-order valence-electron chi connectivity index (χ3n) is 3.05. The maximum absolute atomic E-state index is 11.8. The van der Waals surface area contributed by atoms with Crippen LogP contribution in [0.5, 0.6) is 11.5 Å². The number of ether oxygens (including phenoxy) is 2. The lowest BCUT2D eigenvalue weighted by Crippen LogP contribution is -2.28. The second kappa shape index (κ2) is 7.33. The van der Waals surface area contributed by atoms with E-state index in [9.17, 15) is 9.90 Å². The number of furan rings is 1. The molecule has 7 heteroatoms. The lowest BCUT2D eigenvalue weighted by Gasteiger charge is -2.14. The van der Waals surface area contributed by atoms with Crippen LogP contribution in [0.3, 0.4) is 0 Å². The predicted octanol–water partition coefficient (Wildman–Crippen LogP) is 2.52. The van der Waals surface area contributed by atoms with E-state index in [4.69, 9.17) is 13.9 Å². The van der Waals surface area contributed by atoms with Gasteiger partial charge >= 0.3 is 0 Å². The number of amides is 1. The summed E-state index contributed by atoms with van der Waals surface area (Å²) in [5, 5.41) is 12.8. The molecule has 1 atom stereocenters. The highest BCUT2D eigenvalue weighted by atomic mass is 79.9. The van der Waals surface area contributed by atoms with Crippen molar-refractivity contribution in [3.05, 3.63) is 46.3 Å². The van der Waals surface area contributed by atoms with E-state index in [1.54, 1.807) is 30.3 Å². The van der Waals surface area contributed by atoms with E-state index in [-0.39, 0.29) is 12.3 Å². The third-order valence-corrected chi connectivity index (χ3v) is 3.47. The summed E-state index contributed by atoms with van der Waals surface area (Å²) in [7, 11) is 3.06. The average molecular weight is 370 g/mol. The van der Waals surface area contributed by atoms with E-state index in [0.29, 0.717) is 21.7 Å². The van der Waals surface area contributed by atoms with Crippen molar-refractivity contribution >= 4 is 21.8 Å². The highest BCUT2D eigenvalue weighted by molar-refractivity contribution is 9.10. The fraction of sp³-hybridized carbons (Fsp3) is 0.267. The van der Waals surface area contributed by atoms with Crippen molar-refractivity contribution in [3.8, 4) is 11.5 Å². The van der Waals surface area contributed by atoms with Gasteiger partial charge in [0.15, 0.2) is 21.9 Å². The Kier molecular flexibility index (Phi) is 5.46. The number of benzene rings is 1. The molecule has 0 fully saturated rings. The zero-order valence-electron chi connectivity index (χ0n) is 12.1. The van der Waals surface area contributed by atoms with Gasteiger partial charge in [0.1, 0.15) is 0 Å². The number of rotatable bonds is 6. The molecule has 0 radical (unpaired) electrons. The quantitative estimate of drug-likeness (QED) is 0.817. The van der Waals surface area contributed by atoms with E-state index in [2.05, 4.69) is 21.2 Å². The molecule has 0 aliphatic carbocycles. The first-order chi connectivity index (χ1) is 10.5. The molecular formula is C15H16BrNO5. The number of hydrogen-bond acceptors (Lipinski definition) is 5. The molecule has 0 bridgehead atoms. The van der Waals surface area contributed by atoms with Gasteiger partial charge in [0.25, 0.3) is 5.91 Å². The van der Waals surface area contributed by atoms with Gasteiger partial charge in [-0.05, 0) is 45.8 Å². The lowest BCUT2D eigenvalue weighted by atomic mass is 10.1. The zero-order valence-corrected chi connectivity index (χ0v) is 13.7. The Morgan fingerprint density at radius 3 is 2.59 bits per heavy atom. The van der Waals surface area contributed by atoms with Gasteiger partial charge < -0.3 is 24.3 Å². The maximum Gasteiger partial charge on any atom is 0.287 e. The molecule has 0 saturated carbocycles. The van der Waals surface area contributed by atoms with Gasteiger partial charge in [-0.15, -0.1) is 0 Å². The first-order valence-corrected chi connectivity index (χ1v) is 7.28. The number of aliphatic hydroxyl groups excluding tert-OH is 1. The topological polar surface area (TPSA) is 80.9 Å². The number of carbonyl (C=O) groups is 1. The number of nitrogens with one attached hydrogen (secondary N) is 1. The Hall–Kier alpha value is -1.99. The summed E-state index contributed by atoms with van der Waals surface area (Å²) in [5.41, 5.74) is 0.610. The highest BCUT2D eigenvalue weighted by Gasteiger charge is 2.15. The standard InChI is InChI=1S/C15H16BrNO5/c1-20-11-4-3-9(7-13(11)21-2)10(18)8-17-15(19)12-5-6-14(16)22-12/h3-7,10,18H,8H2,1-2H3,(H,17,19). The van der Waals surface area contributed by atoms with Crippen LogP contribution in [-0.4, -0.2) is 31.8 Å². The molecule has 2 aromatic rings. The second-order valence-corrected chi connectivity index (χ2v) is 5.23. The number of methoxy groups -OCH3 is 2. The molecule has 0 spiro atoms. The molecule has 0 aliphatic heterocycles. The molecule has 1 heterocycles. The summed E-state index contributed by atoms with van der Waals surface area (Å²) >= 11 is 3.12. The van der Waals surface area contributed by atoms with Crippen molar-refractivity contribution in [1.82, 2.24) is 5.32 Å². The average Bonchev–Trinajstić information content (AvgIpc) is 2.98. The van der Waals surface area contributed by atoms with E-state index in [0.717, 1.165) is 0 Å². The minimum Gasteiger partial charge on any atom is -0.493 e. The summed E-state index contributed by atoms with van der Waals surface area (Å²) in [6, 6.07) is 8.24. The summed E-state index contributed by atoms with van der Waals surface area (Å²) in [6.45, 7) is 0.0482. The maximum atomic E-state index is 11.8. The molecule has 0 saturated heterocycles. The largest absolute Gasteiger partial charge is 0.493 e. The predicted molar refractivity (Wildman–Crippen MR) is 83.2 cm³/mol. The summed E-state index contributed by atoms with van der Waals surface area (Å²) in [4.78, 5) is 11.8. The Bertz CT molecular complexity index is 655.